The van der Waals surface area contributed by atoms with Gasteiger partial charge < -0.3 is 24.1 Å². The Morgan fingerprint density at radius 3 is 1.70 bits per heavy atom. The smallest absolute Gasteiger partial charge is 0.112 e. The molecule has 0 aliphatic carbocycles. The number of hydrogen-bond donors (Lipinski definition) is 1. The summed E-state index contributed by atoms with van der Waals surface area (Å²) in [7, 11) is 3.37. The van der Waals surface area contributed by atoms with Crippen LogP contribution in [0.25, 0.3) is 0 Å². The number of hydrogen-bond acceptors (Lipinski definition) is 5. The number of ether oxygens (including phenoxy) is 4. The Morgan fingerprint density at radius 1 is 0.852 bits per heavy atom. The Balaban J connectivity index is 0.000000483. The van der Waals surface area contributed by atoms with Gasteiger partial charge in [0.15, 0.2) is 0 Å². The van der Waals surface area contributed by atoms with Gasteiger partial charge in [0.05, 0.1) is 30.5 Å². The van der Waals surface area contributed by atoms with Gasteiger partial charge in [-0.15, -0.1) is 13.2 Å². The highest BCUT2D eigenvalue weighted by Crippen LogP contribution is 2.32. The lowest BCUT2D eigenvalue weighted by molar-refractivity contribution is -0.00921. The molecule has 27 heavy (non-hydrogen) atoms. The van der Waals surface area contributed by atoms with Crippen molar-refractivity contribution in [2.45, 2.75) is 96.6 Å². The molecule has 0 bridgehead atoms. The maximum atomic E-state index is 9.76. The molecule has 2 heterocycles. The molecule has 1 N–H and O–H groups in total. The molecule has 5 nitrogen and oxygen atoms in total. The van der Waals surface area contributed by atoms with Crippen LogP contribution >= 0.6 is 0 Å². The van der Waals surface area contributed by atoms with E-state index in [1.165, 1.54) is 0 Å². The van der Waals surface area contributed by atoms with Gasteiger partial charge in [0.25, 0.3) is 0 Å². The van der Waals surface area contributed by atoms with Gasteiger partial charge in [-0.25, -0.2) is 0 Å². The lowest BCUT2D eigenvalue weighted by Gasteiger charge is -2.18. The highest BCUT2D eigenvalue weighted by atomic mass is 16.6. The van der Waals surface area contributed by atoms with E-state index in [-0.39, 0.29) is 37.9 Å². The van der Waals surface area contributed by atoms with Crippen molar-refractivity contribution >= 4 is 0 Å². The standard InChI is InChI=1S/C11H20O2.C10H18O3.CH4/c1-5-7-10-11(12-4)8(3)9(6-2)13-10;1-4-6-8-10(12-3)9(11)7(5-2)13-8;/h5,8-11H,1,6-7H2,2-4H3;4,7-11H,1,5-6H2,2-3H3;1H4. The lowest BCUT2D eigenvalue weighted by Crippen LogP contribution is -2.33. The molecule has 8 atom stereocenters. The highest BCUT2D eigenvalue weighted by molar-refractivity contribution is 4.94. The minimum atomic E-state index is -0.500. The number of rotatable bonds is 8. The Morgan fingerprint density at radius 2 is 1.30 bits per heavy atom. The van der Waals surface area contributed by atoms with Crippen LogP contribution in [0.2, 0.25) is 0 Å². The summed E-state index contributed by atoms with van der Waals surface area (Å²) in [4.78, 5) is 0. The molecular formula is C22H42O5. The molecule has 8 unspecified atom stereocenters. The fourth-order valence-electron chi connectivity index (χ4n) is 3.96. The Hall–Kier alpha value is -0.720. The first kappa shape index (κ1) is 26.3. The molecular weight excluding hydrogens is 344 g/mol. The van der Waals surface area contributed by atoms with Gasteiger partial charge in [0, 0.05) is 20.1 Å². The van der Waals surface area contributed by atoms with E-state index in [9.17, 15) is 5.11 Å². The van der Waals surface area contributed by atoms with E-state index < -0.39 is 6.10 Å². The second-order valence-corrected chi connectivity index (χ2v) is 7.04. The van der Waals surface area contributed by atoms with Crippen LogP contribution in [0.15, 0.2) is 25.3 Å². The van der Waals surface area contributed by atoms with Gasteiger partial charge in [-0.1, -0.05) is 40.3 Å². The molecule has 2 rings (SSSR count). The fourth-order valence-corrected chi connectivity index (χ4v) is 3.96. The zero-order valence-corrected chi connectivity index (χ0v) is 17.1. The molecule has 0 spiro atoms. The minimum Gasteiger partial charge on any atom is -0.388 e. The maximum Gasteiger partial charge on any atom is 0.112 e. The summed E-state index contributed by atoms with van der Waals surface area (Å²) in [5.74, 6) is 0.500. The van der Waals surface area contributed by atoms with E-state index in [0.717, 1.165) is 25.7 Å². The molecule has 0 aromatic heterocycles. The van der Waals surface area contributed by atoms with Gasteiger partial charge >= 0.3 is 0 Å². The summed E-state index contributed by atoms with van der Waals surface area (Å²) in [6.45, 7) is 13.7. The zero-order chi connectivity index (χ0) is 19.7. The van der Waals surface area contributed by atoms with Gasteiger partial charge in [0.2, 0.25) is 0 Å². The van der Waals surface area contributed by atoms with Crippen LogP contribution in [0.4, 0.5) is 0 Å². The first-order valence-corrected chi connectivity index (χ1v) is 9.75. The van der Waals surface area contributed by atoms with Crippen LogP contribution in [0.5, 0.6) is 0 Å². The number of aliphatic hydroxyl groups is 1. The zero-order valence-electron chi connectivity index (χ0n) is 17.1. The van der Waals surface area contributed by atoms with Crippen molar-refractivity contribution in [3.63, 3.8) is 0 Å². The largest absolute Gasteiger partial charge is 0.388 e. The first-order valence-electron chi connectivity index (χ1n) is 9.75. The van der Waals surface area contributed by atoms with Crippen molar-refractivity contribution in [1.82, 2.24) is 0 Å². The second-order valence-electron chi connectivity index (χ2n) is 7.04. The summed E-state index contributed by atoms with van der Waals surface area (Å²) in [5, 5.41) is 9.76. The van der Waals surface area contributed by atoms with Gasteiger partial charge in [-0.05, 0) is 25.7 Å². The predicted molar refractivity (Wildman–Crippen MR) is 111 cm³/mol. The van der Waals surface area contributed by atoms with E-state index in [4.69, 9.17) is 18.9 Å². The quantitative estimate of drug-likeness (QED) is 0.635. The van der Waals surface area contributed by atoms with Crippen LogP contribution in [-0.2, 0) is 18.9 Å². The molecule has 2 fully saturated rings. The van der Waals surface area contributed by atoms with Crippen LogP contribution < -0.4 is 0 Å². The van der Waals surface area contributed by atoms with Crippen molar-refractivity contribution < 1.29 is 24.1 Å². The van der Waals surface area contributed by atoms with Crippen LogP contribution in [0.1, 0.15) is 53.9 Å². The summed E-state index contributed by atoms with van der Waals surface area (Å²) in [6, 6.07) is 0. The Kier molecular flexibility index (Phi) is 13.1. The average molecular weight is 387 g/mol. The lowest BCUT2D eigenvalue weighted by atomic mass is 9.96. The minimum absolute atomic E-state index is 0. The molecule has 2 saturated heterocycles. The summed E-state index contributed by atoms with van der Waals surface area (Å²) in [6.07, 6.45) is 7.16. The monoisotopic (exact) mass is 386 g/mol. The number of methoxy groups -OCH3 is 2. The van der Waals surface area contributed by atoms with E-state index in [1.807, 2.05) is 13.0 Å². The molecule has 5 heteroatoms. The SMILES string of the molecule is C.C=CCC1OC(CC)C(C)C1OC.C=CCC1OC(CC)C(O)C1OC. The van der Waals surface area contributed by atoms with Gasteiger partial charge in [0.1, 0.15) is 12.2 Å². The van der Waals surface area contributed by atoms with Crippen molar-refractivity contribution in [3.8, 4) is 0 Å². The van der Waals surface area contributed by atoms with Crippen LogP contribution in [0.3, 0.4) is 0 Å². The highest BCUT2D eigenvalue weighted by Gasteiger charge is 2.42. The molecule has 0 aromatic rings. The summed E-state index contributed by atoms with van der Waals surface area (Å²) < 4.78 is 22.1. The van der Waals surface area contributed by atoms with E-state index in [2.05, 4.69) is 27.0 Å². The van der Waals surface area contributed by atoms with Crippen LogP contribution in [-0.4, -0.2) is 62.1 Å². The first-order chi connectivity index (χ1) is 12.5. The van der Waals surface area contributed by atoms with Crippen molar-refractivity contribution in [3.05, 3.63) is 25.3 Å². The summed E-state index contributed by atoms with van der Waals surface area (Å²) >= 11 is 0. The number of aliphatic hydroxyl groups excluding tert-OH is 1. The third-order valence-electron chi connectivity index (χ3n) is 5.40. The molecule has 2 aliphatic rings. The molecule has 160 valence electrons. The molecule has 0 aromatic carbocycles. The average Bonchev–Trinajstić information content (AvgIpc) is 3.11. The maximum absolute atomic E-state index is 9.76. The van der Waals surface area contributed by atoms with Gasteiger partial charge in [-0.3, -0.25) is 0 Å². The predicted octanol–water partition coefficient (Wildman–Crippen LogP) is 4.14. The molecule has 0 radical (unpaired) electrons. The fraction of sp³-hybridized carbons (Fsp3) is 0.818. The van der Waals surface area contributed by atoms with E-state index in [1.54, 1.807) is 20.3 Å². The van der Waals surface area contributed by atoms with E-state index >= 15 is 0 Å². The normalized spacial score (nSPS) is 37.9. The van der Waals surface area contributed by atoms with Crippen molar-refractivity contribution in [2.75, 3.05) is 14.2 Å². The topological polar surface area (TPSA) is 57.2 Å². The van der Waals surface area contributed by atoms with Crippen LogP contribution in [0, 0.1) is 5.92 Å². The third kappa shape index (κ3) is 6.68. The summed E-state index contributed by atoms with van der Waals surface area (Å²) in [5.41, 5.74) is 0. The molecule has 2 aliphatic heterocycles. The Labute approximate surface area is 166 Å². The third-order valence-corrected chi connectivity index (χ3v) is 5.40. The Bertz CT molecular complexity index is 376. The van der Waals surface area contributed by atoms with Gasteiger partial charge in [-0.2, -0.15) is 0 Å². The second kappa shape index (κ2) is 13.5. The van der Waals surface area contributed by atoms with Crippen molar-refractivity contribution in [2.24, 2.45) is 5.92 Å². The van der Waals surface area contributed by atoms with E-state index in [0.29, 0.717) is 12.0 Å². The molecule has 0 saturated carbocycles. The van der Waals surface area contributed by atoms with Crippen molar-refractivity contribution in [1.29, 1.82) is 0 Å². The molecule has 0 amide bonds.